The lowest BCUT2D eigenvalue weighted by Gasteiger charge is -2.24. The van der Waals surface area contributed by atoms with Gasteiger partial charge in [-0.2, -0.15) is 0 Å². The first kappa shape index (κ1) is 23.2. The van der Waals surface area contributed by atoms with Crippen LogP contribution in [0.3, 0.4) is 0 Å². The number of carbonyl (C=O) groups excluding carboxylic acids is 3. The van der Waals surface area contributed by atoms with E-state index >= 15 is 0 Å². The van der Waals surface area contributed by atoms with Gasteiger partial charge in [0.2, 0.25) is 11.8 Å². The second-order valence-electron chi connectivity index (χ2n) is 7.76. The van der Waals surface area contributed by atoms with Crippen LogP contribution in [0.2, 0.25) is 5.02 Å². The van der Waals surface area contributed by atoms with Gasteiger partial charge in [-0.1, -0.05) is 51.1 Å². The fourth-order valence-corrected chi connectivity index (χ4v) is 3.64. The highest BCUT2D eigenvalue weighted by atomic mass is 35.5. The maximum absolute atomic E-state index is 12.7. The molecular weight excluding hydrogens is 390 g/mol. The molecule has 29 heavy (non-hydrogen) atoms. The van der Waals surface area contributed by atoms with Crippen LogP contribution < -0.4 is 16.0 Å². The summed E-state index contributed by atoms with van der Waals surface area (Å²) < 4.78 is 0. The number of rotatable bonds is 9. The van der Waals surface area contributed by atoms with Crippen molar-refractivity contribution in [1.82, 2.24) is 16.0 Å². The highest BCUT2D eigenvalue weighted by Gasteiger charge is 2.26. The molecule has 2 rings (SSSR count). The summed E-state index contributed by atoms with van der Waals surface area (Å²) in [5, 5.41) is 9.11. The third-order valence-electron chi connectivity index (χ3n) is 5.59. The molecule has 0 spiro atoms. The molecule has 3 amide bonds. The van der Waals surface area contributed by atoms with E-state index in [1.54, 1.807) is 24.3 Å². The average molecular weight is 422 g/mol. The fourth-order valence-electron chi connectivity index (χ4n) is 3.52. The summed E-state index contributed by atoms with van der Waals surface area (Å²) in [4.78, 5) is 37.3. The Balaban J connectivity index is 1.82. The van der Waals surface area contributed by atoms with Gasteiger partial charge in [-0.3, -0.25) is 14.4 Å². The monoisotopic (exact) mass is 421 g/mol. The minimum atomic E-state index is -0.641. The number of benzene rings is 1. The van der Waals surface area contributed by atoms with Crippen molar-refractivity contribution in [2.24, 2.45) is 11.8 Å². The molecule has 2 atom stereocenters. The molecule has 0 aliphatic heterocycles. The number of hydrogen-bond donors (Lipinski definition) is 3. The van der Waals surface area contributed by atoms with E-state index in [4.69, 9.17) is 11.6 Å². The number of halogens is 1. The molecule has 1 aliphatic carbocycles. The van der Waals surface area contributed by atoms with Gasteiger partial charge in [0.15, 0.2) is 0 Å². The molecule has 1 aliphatic rings. The topological polar surface area (TPSA) is 87.3 Å². The Labute approximate surface area is 178 Å². The van der Waals surface area contributed by atoms with Crippen LogP contribution in [0.5, 0.6) is 0 Å². The van der Waals surface area contributed by atoms with E-state index in [0.717, 1.165) is 32.1 Å². The molecular formula is C22H32ClN3O3. The fraction of sp³-hybridized carbons (Fsp3) is 0.591. The van der Waals surface area contributed by atoms with Gasteiger partial charge in [-0.15, -0.1) is 0 Å². The van der Waals surface area contributed by atoms with Gasteiger partial charge in [0.1, 0.15) is 6.04 Å². The molecule has 0 radical (unpaired) electrons. The zero-order valence-corrected chi connectivity index (χ0v) is 18.1. The predicted octanol–water partition coefficient (Wildman–Crippen LogP) is 3.30. The molecule has 6 nitrogen and oxygen atoms in total. The minimum absolute atomic E-state index is 0.0249. The Morgan fingerprint density at radius 2 is 1.66 bits per heavy atom. The normalized spacial score (nSPS) is 16.5. The standard InChI is InChI=1S/C22H32ClN3O3/c1-3-15(2)19(26-21(28)17-9-11-18(23)12-10-17)22(29)25-14-13-24-20(27)16-7-5-4-6-8-16/h9-12,15-16,19H,3-8,13-14H2,1-2H3,(H,24,27)(H,25,29)(H,26,28). The lowest BCUT2D eigenvalue weighted by molar-refractivity contribution is -0.127. The lowest BCUT2D eigenvalue weighted by atomic mass is 9.89. The Kier molecular flexibility index (Phi) is 9.45. The number of carbonyl (C=O) groups is 3. The van der Waals surface area contributed by atoms with Gasteiger partial charge in [0, 0.05) is 29.6 Å². The van der Waals surface area contributed by atoms with E-state index in [-0.39, 0.29) is 29.6 Å². The second kappa shape index (κ2) is 11.8. The third kappa shape index (κ3) is 7.35. The molecule has 1 fully saturated rings. The van der Waals surface area contributed by atoms with Crippen LogP contribution in [0.1, 0.15) is 62.7 Å². The van der Waals surface area contributed by atoms with Crippen molar-refractivity contribution in [2.45, 2.75) is 58.4 Å². The maximum Gasteiger partial charge on any atom is 0.251 e. The first-order chi connectivity index (χ1) is 13.9. The van der Waals surface area contributed by atoms with Crippen molar-refractivity contribution in [2.75, 3.05) is 13.1 Å². The van der Waals surface area contributed by atoms with Gasteiger partial charge < -0.3 is 16.0 Å². The molecule has 7 heteroatoms. The summed E-state index contributed by atoms with van der Waals surface area (Å²) in [5.41, 5.74) is 0.454. The molecule has 1 aromatic rings. The SMILES string of the molecule is CCC(C)C(NC(=O)c1ccc(Cl)cc1)C(=O)NCCNC(=O)C1CCCCC1. The van der Waals surface area contributed by atoms with Gasteiger partial charge in [-0.25, -0.2) is 0 Å². The second-order valence-corrected chi connectivity index (χ2v) is 8.20. The van der Waals surface area contributed by atoms with Crippen LogP contribution in [0.4, 0.5) is 0 Å². The van der Waals surface area contributed by atoms with Crippen LogP contribution in [0.15, 0.2) is 24.3 Å². The maximum atomic E-state index is 12.7. The summed E-state index contributed by atoms with van der Waals surface area (Å²) in [6, 6.07) is 5.90. The molecule has 0 aromatic heterocycles. The van der Waals surface area contributed by atoms with Gasteiger partial charge in [0.25, 0.3) is 5.91 Å². The van der Waals surface area contributed by atoms with E-state index < -0.39 is 6.04 Å². The van der Waals surface area contributed by atoms with Crippen LogP contribution in [-0.2, 0) is 9.59 Å². The van der Waals surface area contributed by atoms with Gasteiger partial charge >= 0.3 is 0 Å². The average Bonchev–Trinajstić information content (AvgIpc) is 2.75. The van der Waals surface area contributed by atoms with Gasteiger partial charge in [0.05, 0.1) is 0 Å². The van der Waals surface area contributed by atoms with Gasteiger partial charge in [-0.05, 0) is 43.0 Å². The van der Waals surface area contributed by atoms with Crippen molar-refractivity contribution >= 4 is 29.3 Å². The van der Waals surface area contributed by atoms with Crippen molar-refractivity contribution in [1.29, 1.82) is 0 Å². The van der Waals surface area contributed by atoms with Crippen LogP contribution in [-0.4, -0.2) is 36.9 Å². The molecule has 3 N–H and O–H groups in total. The Morgan fingerprint density at radius 3 is 2.28 bits per heavy atom. The Bertz CT molecular complexity index is 687. The number of hydrogen-bond acceptors (Lipinski definition) is 3. The van der Waals surface area contributed by atoms with E-state index in [0.29, 0.717) is 23.7 Å². The van der Waals surface area contributed by atoms with Crippen molar-refractivity contribution < 1.29 is 14.4 Å². The zero-order chi connectivity index (χ0) is 21.2. The number of amides is 3. The predicted molar refractivity (Wildman–Crippen MR) is 115 cm³/mol. The smallest absolute Gasteiger partial charge is 0.251 e. The summed E-state index contributed by atoms with van der Waals surface area (Å²) in [6.45, 7) is 4.63. The summed E-state index contributed by atoms with van der Waals surface area (Å²) in [7, 11) is 0. The summed E-state index contributed by atoms with van der Waals surface area (Å²) >= 11 is 5.86. The molecule has 0 saturated heterocycles. The van der Waals surface area contributed by atoms with Crippen molar-refractivity contribution in [3.63, 3.8) is 0 Å². The van der Waals surface area contributed by atoms with Crippen LogP contribution in [0, 0.1) is 11.8 Å². The van der Waals surface area contributed by atoms with E-state index in [1.165, 1.54) is 6.42 Å². The van der Waals surface area contributed by atoms with Crippen molar-refractivity contribution in [3.05, 3.63) is 34.9 Å². The molecule has 0 bridgehead atoms. The summed E-state index contributed by atoms with van der Waals surface area (Å²) in [6.07, 6.45) is 6.07. The minimum Gasteiger partial charge on any atom is -0.354 e. The zero-order valence-electron chi connectivity index (χ0n) is 17.3. The third-order valence-corrected chi connectivity index (χ3v) is 5.84. The van der Waals surface area contributed by atoms with E-state index in [1.807, 2.05) is 13.8 Å². The molecule has 1 aromatic carbocycles. The quantitative estimate of drug-likeness (QED) is 0.534. The van der Waals surface area contributed by atoms with E-state index in [9.17, 15) is 14.4 Å². The number of nitrogens with one attached hydrogen (secondary N) is 3. The molecule has 0 heterocycles. The Morgan fingerprint density at radius 1 is 1.03 bits per heavy atom. The van der Waals surface area contributed by atoms with Crippen LogP contribution >= 0.6 is 11.6 Å². The molecule has 1 saturated carbocycles. The first-order valence-corrected chi connectivity index (χ1v) is 10.9. The highest BCUT2D eigenvalue weighted by Crippen LogP contribution is 2.23. The molecule has 2 unspecified atom stereocenters. The lowest BCUT2D eigenvalue weighted by Crippen LogP contribution is -2.51. The summed E-state index contributed by atoms with van der Waals surface area (Å²) in [5.74, 6) is -0.399. The largest absolute Gasteiger partial charge is 0.354 e. The highest BCUT2D eigenvalue weighted by molar-refractivity contribution is 6.30. The first-order valence-electron chi connectivity index (χ1n) is 10.5. The van der Waals surface area contributed by atoms with Crippen LogP contribution in [0.25, 0.3) is 0 Å². The Hall–Kier alpha value is -2.08. The molecule has 160 valence electrons. The van der Waals surface area contributed by atoms with E-state index in [2.05, 4.69) is 16.0 Å². The van der Waals surface area contributed by atoms with Crippen molar-refractivity contribution in [3.8, 4) is 0 Å².